The maximum Gasteiger partial charge on any atom is 0.230 e. The number of rotatable bonds is 5. The second kappa shape index (κ2) is 9.37. The predicted octanol–water partition coefficient (Wildman–Crippen LogP) is 6.05. The van der Waals surface area contributed by atoms with Crippen LogP contribution in [-0.4, -0.2) is 23.9 Å². The monoisotopic (exact) mass is 437 g/mol. The van der Waals surface area contributed by atoms with Gasteiger partial charge in [0, 0.05) is 24.2 Å². The minimum absolute atomic E-state index is 0.189. The molecule has 1 amide bonds. The predicted molar refractivity (Wildman–Crippen MR) is 133 cm³/mol. The number of fused-ring (bicyclic) bond motifs is 2. The Balaban J connectivity index is 1.30. The van der Waals surface area contributed by atoms with Gasteiger partial charge in [-0.3, -0.25) is 9.69 Å². The zero-order valence-corrected chi connectivity index (χ0v) is 19.1. The van der Waals surface area contributed by atoms with E-state index in [2.05, 4.69) is 40.6 Å². The number of nitrogens with zero attached hydrogens (tertiary/aromatic N) is 2. The van der Waals surface area contributed by atoms with Crippen molar-refractivity contribution in [1.29, 1.82) is 5.26 Å². The zero-order chi connectivity index (χ0) is 22.7. The van der Waals surface area contributed by atoms with Crippen LogP contribution in [0.1, 0.15) is 55.2 Å². The Morgan fingerprint density at radius 1 is 1.00 bits per heavy atom. The molecule has 1 aliphatic carbocycles. The largest absolute Gasteiger partial charge is 0.325 e. The molecule has 0 unspecified atom stereocenters. The van der Waals surface area contributed by atoms with Crippen LogP contribution in [0, 0.1) is 16.7 Å². The minimum Gasteiger partial charge on any atom is -0.325 e. The van der Waals surface area contributed by atoms with Crippen molar-refractivity contribution in [3.05, 3.63) is 77.4 Å². The Morgan fingerprint density at radius 3 is 2.67 bits per heavy atom. The molecule has 5 rings (SSSR count). The van der Waals surface area contributed by atoms with Gasteiger partial charge in [0.25, 0.3) is 0 Å². The van der Waals surface area contributed by atoms with Gasteiger partial charge in [-0.15, -0.1) is 0 Å². The summed E-state index contributed by atoms with van der Waals surface area (Å²) in [4.78, 5) is 16.2. The van der Waals surface area contributed by atoms with Crippen molar-refractivity contribution < 1.29 is 4.79 Å². The molecule has 33 heavy (non-hydrogen) atoms. The number of anilines is 1. The van der Waals surface area contributed by atoms with E-state index in [1.54, 1.807) is 0 Å². The lowest BCUT2D eigenvalue weighted by Gasteiger charge is -2.38. The van der Waals surface area contributed by atoms with Gasteiger partial charge in [0.2, 0.25) is 5.91 Å². The topological polar surface area (TPSA) is 56.1 Å². The fourth-order valence-corrected chi connectivity index (χ4v) is 5.65. The Hall–Kier alpha value is -3.16. The lowest BCUT2D eigenvalue weighted by molar-refractivity contribution is -0.128. The highest BCUT2D eigenvalue weighted by Crippen LogP contribution is 2.41. The molecule has 0 spiro atoms. The van der Waals surface area contributed by atoms with Crippen LogP contribution in [0.2, 0.25) is 0 Å². The van der Waals surface area contributed by atoms with Crippen molar-refractivity contribution in [1.82, 2.24) is 4.90 Å². The smallest absolute Gasteiger partial charge is 0.230 e. The SMILES string of the molecule is N#Cc1ccc2c(c1)CCN(CCC1(C(=O)Nc3cccc4ccccc34)CCCCC1)C2. The molecule has 1 aliphatic heterocycles. The summed E-state index contributed by atoms with van der Waals surface area (Å²) in [5.74, 6) is 0.189. The molecule has 0 radical (unpaired) electrons. The van der Waals surface area contributed by atoms with Gasteiger partial charge in [-0.25, -0.2) is 0 Å². The molecule has 3 aromatic rings. The molecule has 4 heteroatoms. The van der Waals surface area contributed by atoms with Crippen molar-refractivity contribution in [3.8, 4) is 6.07 Å². The maximum atomic E-state index is 13.7. The van der Waals surface area contributed by atoms with Gasteiger partial charge >= 0.3 is 0 Å². The zero-order valence-electron chi connectivity index (χ0n) is 19.1. The van der Waals surface area contributed by atoms with Gasteiger partial charge < -0.3 is 5.32 Å². The molecule has 3 aromatic carbocycles. The molecule has 4 nitrogen and oxygen atoms in total. The Kier molecular flexibility index (Phi) is 6.15. The van der Waals surface area contributed by atoms with E-state index in [1.165, 1.54) is 17.5 Å². The van der Waals surface area contributed by atoms with Gasteiger partial charge in [0.1, 0.15) is 0 Å². The van der Waals surface area contributed by atoms with Crippen molar-refractivity contribution in [2.24, 2.45) is 5.41 Å². The quantitative estimate of drug-likeness (QED) is 0.529. The van der Waals surface area contributed by atoms with Crippen LogP contribution in [0.5, 0.6) is 0 Å². The normalized spacial score (nSPS) is 17.8. The molecule has 0 bridgehead atoms. The molecule has 168 valence electrons. The Morgan fingerprint density at radius 2 is 1.82 bits per heavy atom. The summed E-state index contributed by atoms with van der Waals surface area (Å²) >= 11 is 0. The lowest BCUT2D eigenvalue weighted by Crippen LogP contribution is -2.42. The van der Waals surface area contributed by atoms with E-state index in [0.717, 1.165) is 80.2 Å². The van der Waals surface area contributed by atoms with Gasteiger partial charge in [0.05, 0.1) is 17.0 Å². The van der Waals surface area contributed by atoms with E-state index in [1.807, 2.05) is 36.4 Å². The van der Waals surface area contributed by atoms with Crippen LogP contribution in [0.3, 0.4) is 0 Å². The summed E-state index contributed by atoms with van der Waals surface area (Å²) in [6, 6.07) is 22.7. The summed E-state index contributed by atoms with van der Waals surface area (Å²) in [6.45, 7) is 2.83. The summed E-state index contributed by atoms with van der Waals surface area (Å²) in [7, 11) is 0. The van der Waals surface area contributed by atoms with Crippen molar-refractivity contribution in [2.45, 2.75) is 51.5 Å². The molecule has 1 N–H and O–H groups in total. The van der Waals surface area contributed by atoms with Crippen LogP contribution in [0.15, 0.2) is 60.7 Å². The Bertz CT molecular complexity index is 1200. The van der Waals surface area contributed by atoms with E-state index in [-0.39, 0.29) is 11.3 Å². The third-order valence-corrected chi connectivity index (χ3v) is 7.66. The molecule has 0 saturated heterocycles. The summed E-state index contributed by atoms with van der Waals surface area (Å²) in [6.07, 6.45) is 7.29. The molecule has 2 aliphatic rings. The van der Waals surface area contributed by atoms with Crippen molar-refractivity contribution in [2.75, 3.05) is 18.4 Å². The standard InChI is InChI=1S/C29H31N3O/c30-20-22-11-12-25-21-32(17-13-24(25)19-22)18-16-29(14-4-1-5-15-29)28(33)31-27-10-6-8-23-7-2-3-9-26(23)27/h2-3,6-12,19H,1,4-5,13-18,21H2,(H,31,33). The van der Waals surface area contributed by atoms with Crippen LogP contribution in [0.25, 0.3) is 10.8 Å². The first-order valence-corrected chi connectivity index (χ1v) is 12.2. The highest BCUT2D eigenvalue weighted by molar-refractivity contribution is 6.04. The fourth-order valence-electron chi connectivity index (χ4n) is 5.65. The number of nitrogens with one attached hydrogen (secondary N) is 1. The van der Waals surface area contributed by atoms with Crippen molar-refractivity contribution >= 4 is 22.4 Å². The number of benzene rings is 3. The van der Waals surface area contributed by atoms with Crippen LogP contribution < -0.4 is 5.32 Å². The number of amides is 1. The maximum absolute atomic E-state index is 13.7. The first kappa shape index (κ1) is 21.7. The number of carbonyl (C=O) groups is 1. The summed E-state index contributed by atoms with van der Waals surface area (Å²) < 4.78 is 0. The first-order chi connectivity index (χ1) is 16.2. The van der Waals surface area contributed by atoms with Gasteiger partial charge in [-0.05, 0) is 66.9 Å². The molecule has 0 atom stereocenters. The molecule has 1 heterocycles. The number of hydrogen-bond donors (Lipinski definition) is 1. The molecular weight excluding hydrogens is 406 g/mol. The third kappa shape index (κ3) is 4.51. The average molecular weight is 438 g/mol. The fraction of sp³-hybridized carbons (Fsp3) is 0.379. The first-order valence-electron chi connectivity index (χ1n) is 12.2. The van der Waals surface area contributed by atoms with E-state index >= 15 is 0 Å². The van der Waals surface area contributed by atoms with Crippen LogP contribution in [-0.2, 0) is 17.8 Å². The number of nitriles is 1. The van der Waals surface area contributed by atoms with Gasteiger partial charge in [-0.2, -0.15) is 5.26 Å². The molecular formula is C29H31N3O. The number of carbonyl (C=O) groups excluding carboxylic acids is 1. The third-order valence-electron chi connectivity index (χ3n) is 7.66. The molecule has 0 aromatic heterocycles. The highest BCUT2D eigenvalue weighted by Gasteiger charge is 2.39. The van der Waals surface area contributed by atoms with E-state index in [0.29, 0.717) is 0 Å². The second-order valence-corrected chi connectivity index (χ2v) is 9.69. The summed E-state index contributed by atoms with van der Waals surface area (Å²) in [5.41, 5.74) is 3.99. The Labute approximate surface area is 196 Å². The molecule has 1 fully saturated rings. The summed E-state index contributed by atoms with van der Waals surface area (Å²) in [5, 5.41) is 14.7. The van der Waals surface area contributed by atoms with Crippen LogP contribution >= 0.6 is 0 Å². The highest BCUT2D eigenvalue weighted by atomic mass is 16.2. The van der Waals surface area contributed by atoms with Crippen molar-refractivity contribution in [3.63, 3.8) is 0 Å². The minimum atomic E-state index is -0.292. The van der Waals surface area contributed by atoms with E-state index in [9.17, 15) is 4.79 Å². The van der Waals surface area contributed by atoms with Gasteiger partial charge in [-0.1, -0.05) is 61.7 Å². The molecule has 1 saturated carbocycles. The second-order valence-electron chi connectivity index (χ2n) is 9.69. The van der Waals surface area contributed by atoms with Gasteiger partial charge in [0.15, 0.2) is 0 Å². The average Bonchev–Trinajstić information content (AvgIpc) is 2.87. The van der Waals surface area contributed by atoms with Crippen LogP contribution in [0.4, 0.5) is 5.69 Å². The van der Waals surface area contributed by atoms with E-state index in [4.69, 9.17) is 5.26 Å². The lowest BCUT2D eigenvalue weighted by atomic mass is 9.71. The van der Waals surface area contributed by atoms with E-state index < -0.39 is 0 Å². The number of hydrogen-bond acceptors (Lipinski definition) is 3.